The fraction of sp³-hybridized carbons (Fsp3) is 0.462. The molecule has 0 aliphatic heterocycles. The topological polar surface area (TPSA) is 29.5 Å². The molecule has 0 atom stereocenters. The number of nitrogens with zero attached hydrogens (tertiary/aromatic N) is 1. The molecule has 0 bridgehead atoms. The molecule has 1 aromatic rings. The Morgan fingerprint density at radius 1 is 1.22 bits per heavy atom. The number of carbonyl (C=O) groups is 1. The Morgan fingerprint density at radius 2 is 1.78 bits per heavy atom. The van der Waals surface area contributed by atoms with E-state index in [0.29, 0.717) is 12.2 Å². The van der Waals surface area contributed by atoms with Crippen molar-refractivity contribution in [2.24, 2.45) is 0 Å². The molecule has 3 nitrogen and oxygen atoms in total. The molecule has 0 fully saturated rings. The Morgan fingerprint density at radius 3 is 2.22 bits per heavy atom. The van der Waals surface area contributed by atoms with Gasteiger partial charge in [0, 0.05) is 12.1 Å². The second-order valence-electron chi connectivity index (χ2n) is 3.81. The minimum Gasteiger partial charge on any atom is -0.490 e. The highest BCUT2D eigenvalue weighted by atomic mass is 127. The van der Waals surface area contributed by atoms with Gasteiger partial charge in [-0.2, -0.15) is 0 Å². The van der Waals surface area contributed by atoms with Crippen molar-refractivity contribution in [1.82, 2.24) is 4.90 Å². The molecule has 1 aromatic carbocycles. The summed E-state index contributed by atoms with van der Waals surface area (Å²) in [6, 6.07) is 3.70. The van der Waals surface area contributed by atoms with Gasteiger partial charge >= 0.3 is 0 Å². The summed E-state index contributed by atoms with van der Waals surface area (Å²) in [4.78, 5) is 13.1. The molecule has 0 aliphatic carbocycles. The molecular formula is C13H17I2NO2. The van der Waals surface area contributed by atoms with Crippen LogP contribution in [0.1, 0.15) is 24.2 Å². The quantitative estimate of drug-likeness (QED) is 0.450. The second kappa shape index (κ2) is 8.31. The van der Waals surface area contributed by atoms with Gasteiger partial charge in [0.05, 0.1) is 7.14 Å². The summed E-state index contributed by atoms with van der Waals surface area (Å²) in [7, 11) is 0. The molecule has 0 heterocycles. The standard InChI is InChI=1S/C13H17I2NO2/c1-3-16(4-2)5-6-18-13-11(14)7-10(9-17)8-12(13)15/h7-9H,3-6H2,1-2H3. The van der Waals surface area contributed by atoms with Crippen LogP contribution in [0.25, 0.3) is 0 Å². The van der Waals surface area contributed by atoms with Crippen LogP contribution in [0.15, 0.2) is 12.1 Å². The van der Waals surface area contributed by atoms with Crippen molar-refractivity contribution in [3.63, 3.8) is 0 Å². The van der Waals surface area contributed by atoms with E-state index in [0.717, 1.165) is 38.8 Å². The number of ether oxygens (including phenoxy) is 1. The maximum Gasteiger partial charge on any atom is 0.150 e. The zero-order valence-corrected chi connectivity index (χ0v) is 14.9. The van der Waals surface area contributed by atoms with E-state index < -0.39 is 0 Å². The van der Waals surface area contributed by atoms with E-state index in [1.165, 1.54) is 0 Å². The normalized spacial score (nSPS) is 10.7. The van der Waals surface area contributed by atoms with Gasteiger partial charge in [-0.3, -0.25) is 4.79 Å². The lowest BCUT2D eigenvalue weighted by atomic mass is 10.2. The highest BCUT2D eigenvalue weighted by Gasteiger charge is 2.09. The van der Waals surface area contributed by atoms with E-state index in [2.05, 4.69) is 63.9 Å². The number of halogens is 2. The molecule has 1 rings (SSSR count). The monoisotopic (exact) mass is 473 g/mol. The van der Waals surface area contributed by atoms with E-state index in [-0.39, 0.29) is 0 Å². The van der Waals surface area contributed by atoms with Gasteiger partial charge < -0.3 is 9.64 Å². The SMILES string of the molecule is CCN(CC)CCOc1c(I)cc(C=O)cc1I. The Labute approximate surface area is 136 Å². The lowest BCUT2D eigenvalue weighted by molar-refractivity contribution is 0.112. The summed E-state index contributed by atoms with van der Waals surface area (Å²) in [6.07, 6.45) is 0.865. The largest absolute Gasteiger partial charge is 0.490 e. The predicted octanol–water partition coefficient (Wildman–Crippen LogP) is 3.43. The highest BCUT2D eigenvalue weighted by molar-refractivity contribution is 14.1. The van der Waals surface area contributed by atoms with Crippen LogP contribution in [0, 0.1) is 7.14 Å². The minimum absolute atomic E-state index is 0.675. The van der Waals surface area contributed by atoms with Crippen molar-refractivity contribution in [2.75, 3.05) is 26.2 Å². The van der Waals surface area contributed by atoms with E-state index in [9.17, 15) is 4.79 Å². The third-order valence-electron chi connectivity index (χ3n) is 2.71. The van der Waals surface area contributed by atoms with Gasteiger partial charge in [-0.1, -0.05) is 13.8 Å². The fourth-order valence-corrected chi connectivity index (χ4v) is 3.73. The number of carbonyl (C=O) groups excluding carboxylic acids is 1. The zero-order valence-electron chi connectivity index (χ0n) is 10.6. The van der Waals surface area contributed by atoms with Gasteiger partial charge in [-0.05, 0) is 70.4 Å². The molecule has 0 spiro atoms. The maximum absolute atomic E-state index is 10.7. The smallest absolute Gasteiger partial charge is 0.150 e. The summed E-state index contributed by atoms with van der Waals surface area (Å²) in [5.74, 6) is 0.883. The Bertz CT molecular complexity index is 383. The average Bonchev–Trinajstić information content (AvgIpc) is 2.37. The first-order valence-electron chi connectivity index (χ1n) is 5.91. The van der Waals surface area contributed by atoms with Crippen molar-refractivity contribution >= 4 is 51.5 Å². The van der Waals surface area contributed by atoms with Gasteiger partial charge in [0.25, 0.3) is 0 Å². The first kappa shape index (κ1) is 16.2. The van der Waals surface area contributed by atoms with E-state index in [4.69, 9.17) is 4.74 Å². The third-order valence-corrected chi connectivity index (χ3v) is 4.31. The van der Waals surface area contributed by atoms with E-state index in [1.807, 2.05) is 12.1 Å². The lowest BCUT2D eigenvalue weighted by Gasteiger charge is -2.19. The van der Waals surface area contributed by atoms with Gasteiger partial charge in [-0.25, -0.2) is 0 Å². The lowest BCUT2D eigenvalue weighted by Crippen LogP contribution is -2.28. The summed E-state index contributed by atoms with van der Waals surface area (Å²) in [5.41, 5.74) is 0.694. The number of aldehydes is 1. The van der Waals surface area contributed by atoms with Crippen molar-refractivity contribution in [2.45, 2.75) is 13.8 Å². The molecule has 0 saturated carbocycles. The van der Waals surface area contributed by atoms with Crippen LogP contribution in [-0.4, -0.2) is 37.4 Å². The van der Waals surface area contributed by atoms with Gasteiger partial charge in [0.2, 0.25) is 0 Å². The van der Waals surface area contributed by atoms with Crippen molar-refractivity contribution in [3.05, 3.63) is 24.8 Å². The predicted molar refractivity (Wildman–Crippen MR) is 90.5 cm³/mol. The van der Waals surface area contributed by atoms with Crippen molar-refractivity contribution in [1.29, 1.82) is 0 Å². The number of benzene rings is 1. The number of hydrogen-bond acceptors (Lipinski definition) is 3. The molecule has 0 unspecified atom stereocenters. The van der Waals surface area contributed by atoms with Crippen LogP contribution in [0.3, 0.4) is 0 Å². The summed E-state index contributed by atoms with van der Waals surface area (Å²) >= 11 is 4.42. The minimum atomic E-state index is 0.675. The fourth-order valence-electron chi connectivity index (χ4n) is 1.60. The molecular weight excluding hydrogens is 456 g/mol. The molecule has 0 aromatic heterocycles. The van der Waals surface area contributed by atoms with Crippen LogP contribution in [0.2, 0.25) is 0 Å². The second-order valence-corrected chi connectivity index (χ2v) is 6.13. The Balaban J connectivity index is 2.65. The van der Waals surface area contributed by atoms with Gasteiger partial charge in [0.15, 0.2) is 0 Å². The first-order valence-corrected chi connectivity index (χ1v) is 8.07. The van der Waals surface area contributed by atoms with E-state index in [1.54, 1.807) is 0 Å². The average molecular weight is 473 g/mol. The van der Waals surface area contributed by atoms with Gasteiger partial charge in [-0.15, -0.1) is 0 Å². The first-order chi connectivity index (χ1) is 8.62. The Kier molecular flexibility index (Phi) is 7.47. The van der Waals surface area contributed by atoms with Crippen molar-refractivity contribution in [3.8, 4) is 5.75 Å². The molecule has 0 aliphatic rings. The van der Waals surface area contributed by atoms with Crippen LogP contribution in [-0.2, 0) is 0 Å². The molecule has 0 radical (unpaired) electrons. The number of hydrogen-bond donors (Lipinski definition) is 0. The highest BCUT2D eigenvalue weighted by Crippen LogP contribution is 2.28. The molecule has 0 amide bonds. The summed E-state index contributed by atoms with van der Waals surface area (Å²) in [6.45, 7) is 7.98. The zero-order chi connectivity index (χ0) is 13.5. The molecule has 0 saturated heterocycles. The molecule has 5 heteroatoms. The number of likely N-dealkylation sites (N-methyl/N-ethyl adjacent to an activating group) is 1. The van der Waals surface area contributed by atoms with Crippen LogP contribution < -0.4 is 4.74 Å². The van der Waals surface area contributed by atoms with Crippen LogP contribution in [0.4, 0.5) is 0 Å². The third kappa shape index (κ3) is 4.65. The number of rotatable bonds is 7. The molecule has 0 N–H and O–H groups in total. The maximum atomic E-state index is 10.7. The summed E-state index contributed by atoms with van der Waals surface area (Å²) in [5, 5.41) is 0. The van der Waals surface area contributed by atoms with Crippen LogP contribution >= 0.6 is 45.2 Å². The summed E-state index contributed by atoms with van der Waals surface area (Å²) < 4.78 is 7.80. The van der Waals surface area contributed by atoms with E-state index >= 15 is 0 Å². The molecule has 18 heavy (non-hydrogen) atoms. The molecule has 100 valence electrons. The van der Waals surface area contributed by atoms with Gasteiger partial charge in [0.1, 0.15) is 18.6 Å². The Hall–Kier alpha value is 0.110. The van der Waals surface area contributed by atoms with Crippen LogP contribution in [0.5, 0.6) is 5.75 Å². The van der Waals surface area contributed by atoms with Crippen molar-refractivity contribution < 1.29 is 9.53 Å².